The second-order valence-electron chi connectivity index (χ2n) is 9.20. The molecule has 4 rings (SSSR count). The van der Waals surface area contributed by atoms with Crippen molar-refractivity contribution in [1.29, 1.82) is 0 Å². The number of hydrogen-bond acceptors (Lipinski definition) is 6. The maximum atomic E-state index is 13.8. The molecule has 0 aliphatic heterocycles. The Morgan fingerprint density at radius 1 is 1.00 bits per heavy atom. The van der Waals surface area contributed by atoms with Crippen molar-refractivity contribution >= 4 is 17.7 Å². The highest BCUT2D eigenvalue weighted by atomic mass is 19.1. The molecule has 0 unspecified atom stereocenters. The Kier molecular flexibility index (Phi) is 8.76. The van der Waals surface area contributed by atoms with Gasteiger partial charge in [0, 0.05) is 12.0 Å². The predicted octanol–water partition coefficient (Wildman–Crippen LogP) is 7.22. The van der Waals surface area contributed by atoms with Crippen molar-refractivity contribution in [2.75, 3.05) is 18.5 Å². The first-order chi connectivity index (χ1) is 18.8. The van der Waals surface area contributed by atoms with Crippen molar-refractivity contribution in [2.24, 2.45) is 0 Å². The largest absolute Gasteiger partial charge is 0.466 e. The molecule has 39 heavy (non-hydrogen) atoms. The molecule has 7 nitrogen and oxygen atoms in total. The topological polar surface area (TPSA) is 90.7 Å². The van der Waals surface area contributed by atoms with Crippen molar-refractivity contribution in [3.63, 3.8) is 0 Å². The molecular formula is C31H31FN2O5. The van der Waals surface area contributed by atoms with Crippen LogP contribution < -0.4 is 5.32 Å². The van der Waals surface area contributed by atoms with Gasteiger partial charge in [-0.25, -0.2) is 9.18 Å². The summed E-state index contributed by atoms with van der Waals surface area (Å²) in [6, 6.07) is 20.0. The smallest absolute Gasteiger partial charge is 0.411 e. The van der Waals surface area contributed by atoms with E-state index < -0.39 is 6.09 Å². The Balaban J connectivity index is 1.45. The summed E-state index contributed by atoms with van der Waals surface area (Å²) in [6.07, 6.45) is -0.414. The number of anilines is 1. The van der Waals surface area contributed by atoms with E-state index >= 15 is 0 Å². The third kappa shape index (κ3) is 6.52. The van der Waals surface area contributed by atoms with E-state index in [0.717, 1.165) is 27.8 Å². The van der Waals surface area contributed by atoms with E-state index in [-0.39, 0.29) is 30.7 Å². The van der Waals surface area contributed by atoms with Gasteiger partial charge in [0.2, 0.25) is 0 Å². The van der Waals surface area contributed by atoms with Crippen LogP contribution in [0.15, 0.2) is 71.3 Å². The second kappa shape index (κ2) is 12.4. The zero-order valence-corrected chi connectivity index (χ0v) is 22.4. The first-order valence-corrected chi connectivity index (χ1v) is 12.8. The molecule has 1 aromatic heterocycles. The lowest BCUT2D eigenvalue weighted by molar-refractivity contribution is -0.144. The molecule has 0 aliphatic rings. The molecular weight excluding hydrogens is 499 g/mol. The standard InChI is InChI=1S/C31H31FN2O5/c1-5-37-30(35)20(3)22-10-12-23(13-11-22)26-15-14-25(18-19(26)2)29-28(21(4)34-39-29)33-31(36)38-17-16-24-8-6-7-9-27(24)32/h6-15,18,20H,5,16-17H2,1-4H3,(H,33,36)/t20-/m1/s1. The van der Waals surface area contributed by atoms with Crippen molar-refractivity contribution in [3.05, 3.63) is 94.9 Å². The van der Waals surface area contributed by atoms with Crippen LogP contribution >= 0.6 is 0 Å². The number of nitrogens with one attached hydrogen (secondary N) is 1. The Morgan fingerprint density at radius 3 is 2.41 bits per heavy atom. The minimum Gasteiger partial charge on any atom is -0.466 e. The van der Waals surface area contributed by atoms with Crippen LogP contribution in [0.3, 0.4) is 0 Å². The van der Waals surface area contributed by atoms with Crippen molar-refractivity contribution in [3.8, 4) is 22.5 Å². The quantitative estimate of drug-likeness (QED) is 0.230. The first-order valence-electron chi connectivity index (χ1n) is 12.8. The summed E-state index contributed by atoms with van der Waals surface area (Å²) in [4.78, 5) is 24.5. The van der Waals surface area contributed by atoms with Crippen LogP contribution in [0.5, 0.6) is 0 Å². The van der Waals surface area contributed by atoms with E-state index in [4.69, 9.17) is 14.0 Å². The average molecular weight is 531 g/mol. The second-order valence-corrected chi connectivity index (χ2v) is 9.20. The summed E-state index contributed by atoms with van der Waals surface area (Å²) in [7, 11) is 0. The van der Waals surface area contributed by atoms with Crippen LogP contribution in [-0.2, 0) is 20.7 Å². The summed E-state index contributed by atoms with van der Waals surface area (Å²) in [5, 5.41) is 6.73. The monoisotopic (exact) mass is 530 g/mol. The van der Waals surface area contributed by atoms with E-state index in [1.165, 1.54) is 6.07 Å². The van der Waals surface area contributed by atoms with Crippen LogP contribution in [0, 0.1) is 19.7 Å². The van der Waals surface area contributed by atoms with Crippen LogP contribution in [0.4, 0.5) is 14.9 Å². The van der Waals surface area contributed by atoms with Gasteiger partial charge in [0.1, 0.15) is 17.2 Å². The number of amides is 1. The van der Waals surface area contributed by atoms with Gasteiger partial charge in [-0.1, -0.05) is 59.8 Å². The Labute approximate surface area is 226 Å². The van der Waals surface area contributed by atoms with Gasteiger partial charge in [-0.2, -0.15) is 0 Å². The first kappa shape index (κ1) is 27.6. The zero-order chi connectivity index (χ0) is 27.9. The third-order valence-electron chi connectivity index (χ3n) is 6.50. The zero-order valence-electron chi connectivity index (χ0n) is 22.4. The lowest BCUT2D eigenvalue weighted by Crippen LogP contribution is -2.16. The van der Waals surface area contributed by atoms with Gasteiger partial charge in [0.25, 0.3) is 0 Å². The molecule has 0 radical (unpaired) electrons. The highest BCUT2D eigenvalue weighted by Crippen LogP contribution is 2.34. The van der Waals surface area contributed by atoms with Crippen LogP contribution in [0.2, 0.25) is 0 Å². The molecule has 1 N–H and O–H groups in total. The average Bonchev–Trinajstić information content (AvgIpc) is 3.29. The fraction of sp³-hybridized carbons (Fsp3) is 0.258. The molecule has 0 fully saturated rings. The van der Waals surface area contributed by atoms with Gasteiger partial charge in [-0.15, -0.1) is 0 Å². The maximum Gasteiger partial charge on any atom is 0.411 e. The summed E-state index contributed by atoms with van der Waals surface area (Å²) < 4.78 is 29.7. The maximum absolute atomic E-state index is 13.8. The molecule has 4 aromatic rings. The molecule has 3 aromatic carbocycles. The molecule has 8 heteroatoms. The summed E-state index contributed by atoms with van der Waals surface area (Å²) >= 11 is 0. The summed E-state index contributed by atoms with van der Waals surface area (Å²) in [5.74, 6) is -0.507. The van der Waals surface area contributed by atoms with Gasteiger partial charge in [0.05, 0.1) is 19.1 Å². The summed E-state index contributed by atoms with van der Waals surface area (Å²) in [5.41, 5.74) is 6.04. The minimum absolute atomic E-state index is 0.0254. The van der Waals surface area contributed by atoms with Crippen LogP contribution in [0.1, 0.15) is 42.1 Å². The predicted molar refractivity (Wildman–Crippen MR) is 147 cm³/mol. The molecule has 0 aliphatic carbocycles. The number of nitrogens with zero attached hydrogens (tertiary/aromatic N) is 1. The van der Waals surface area contributed by atoms with Crippen LogP contribution in [-0.4, -0.2) is 30.4 Å². The normalized spacial score (nSPS) is 11.6. The van der Waals surface area contributed by atoms with E-state index in [1.807, 2.05) is 56.3 Å². The van der Waals surface area contributed by atoms with Gasteiger partial charge in [-0.05, 0) is 67.6 Å². The molecule has 1 heterocycles. The van der Waals surface area contributed by atoms with Gasteiger partial charge >= 0.3 is 12.1 Å². The number of esters is 1. The van der Waals surface area contributed by atoms with E-state index in [9.17, 15) is 14.0 Å². The molecule has 0 saturated carbocycles. The highest BCUT2D eigenvalue weighted by molar-refractivity contribution is 5.91. The Bertz CT molecular complexity index is 1460. The van der Waals surface area contributed by atoms with Gasteiger partial charge in [-0.3, -0.25) is 10.1 Å². The molecule has 0 bridgehead atoms. The van der Waals surface area contributed by atoms with Crippen molar-refractivity contribution in [2.45, 2.75) is 40.0 Å². The molecule has 1 amide bonds. The van der Waals surface area contributed by atoms with E-state index in [2.05, 4.69) is 10.5 Å². The number of carbonyl (C=O) groups excluding carboxylic acids is 2. The van der Waals surface area contributed by atoms with E-state index in [0.29, 0.717) is 29.3 Å². The Morgan fingerprint density at radius 2 is 1.72 bits per heavy atom. The number of hydrogen-bond donors (Lipinski definition) is 1. The molecule has 1 atom stereocenters. The number of aryl methyl sites for hydroxylation is 2. The molecule has 0 spiro atoms. The number of benzene rings is 3. The molecule has 0 saturated heterocycles. The lowest BCUT2D eigenvalue weighted by atomic mass is 9.94. The third-order valence-corrected chi connectivity index (χ3v) is 6.50. The minimum atomic E-state index is -0.677. The van der Waals surface area contributed by atoms with E-state index in [1.54, 1.807) is 32.0 Å². The number of ether oxygens (including phenoxy) is 2. The number of halogens is 1. The van der Waals surface area contributed by atoms with Crippen molar-refractivity contribution < 1.29 is 28.0 Å². The SMILES string of the molecule is CCOC(=O)[C@H](C)c1ccc(-c2ccc(-c3onc(C)c3NC(=O)OCCc3ccccc3F)cc2C)cc1. The van der Waals surface area contributed by atoms with Gasteiger partial charge < -0.3 is 14.0 Å². The lowest BCUT2D eigenvalue weighted by Gasteiger charge is -2.13. The highest BCUT2D eigenvalue weighted by Gasteiger charge is 2.20. The summed E-state index contributed by atoms with van der Waals surface area (Å²) in [6.45, 7) is 7.71. The fourth-order valence-electron chi connectivity index (χ4n) is 4.29. The van der Waals surface area contributed by atoms with Crippen LogP contribution in [0.25, 0.3) is 22.5 Å². The molecule has 202 valence electrons. The number of carbonyl (C=O) groups is 2. The van der Waals surface area contributed by atoms with Gasteiger partial charge in [0.15, 0.2) is 5.76 Å². The number of aromatic nitrogens is 1. The fourth-order valence-corrected chi connectivity index (χ4v) is 4.29. The Hall–Kier alpha value is -4.46. The van der Waals surface area contributed by atoms with Crippen molar-refractivity contribution in [1.82, 2.24) is 5.16 Å². The number of rotatable bonds is 9.